The molecule has 1 atom stereocenters. The molecule has 0 aromatic heterocycles. The maximum atomic E-state index is 5.71. The number of ether oxygens (including phenoxy) is 1. The zero-order valence-electron chi connectivity index (χ0n) is 11.9. The third-order valence-electron chi connectivity index (χ3n) is 3.96. The topological polar surface area (TPSA) is 21.3 Å². The Morgan fingerprint density at radius 2 is 2.11 bits per heavy atom. The molecule has 0 amide bonds. The fourth-order valence-electron chi connectivity index (χ4n) is 3.00. The molecule has 106 valence electrons. The second-order valence-electron chi connectivity index (χ2n) is 5.35. The molecule has 2 nitrogen and oxygen atoms in total. The molecule has 0 spiro atoms. The summed E-state index contributed by atoms with van der Waals surface area (Å²) in [6, 6.07) is 6.98. The van der Waals surface area contributed by atoms with E-state index in [4.69, 9.17) is 4.74 Å². The van der Waals surface area contributed by atoms with Crippen LogP contribution < -0.4 is 10.1 Å². The molecular weight excluding hydrogens is 302 g/mol. The molecule has 2 rings (SSSR count). The minimum absolute atomic E-state index is 0.471. The van der Waals surface area contributed by atoms with Crippen molar-refractivity contribution >= 4 is 15.9 Å². The van der Waals surface area contributed by atoms with Gasteiger partial charge in [0.1, 0.15) is 5.75 Å². The van der Waals surface area contributed by atoms with Gasteiger partial charge in [-0.25, -0.2) is 0 Å². The van der Waals surface area contributed by atoms with Gasteiger partial charge in [0.15, 0.2) is 0 Å². The summed E-state index contributed by atoms with van der Waals surface area (Å²) >= 11 is 3.63. The summed E-state index contributed by atoms with van der Waals surface area (Å²) < 4.78 is 6.78. The molecule has 1 unspecified atom stereocenters. The van der Waals surface area contributed by atoms with E-state index in [1.165, 1.54) is 31.2 Å². The van der Waals surface area contributed by atoms with Crippen LogP contribution in [-0.4, -0.2) is 13.7 Å². The Morgan fingerprint density at radius 3 is 2.68 bits per heavy atom. The predicted octanol–water partition coefficient (Wildman–Crippen LogP) is 4.69. The highest BCUT2D eigenvalue weighted by Crippen LogP contribution is 2.37. The van der Waals surface area contributed by atoms with E-state index in [2.05, 4.69) is 53.4 Å². The third-order valence-corrected chi connectivity index (χ3v) is 4.58. The van der Waals surface area contributed by atoms with Crippen LogP contribution in [0.1, 0.15) is 50.6 Å². The summed E-state index contributed by atoms with van der Waals surface area (Å²) in [5.74, 6) is 1.73. The van der Waals surface area contributed by atoms with Gasteiger partial charge in [-0.3, -0.25) is 0 Å². The Kier molecular flexibility index (Phi) is 5.71. The fourth-order valence-corrected chi connectivity index (χ4v) is 3.52. The zero-order chi connectivity index (χ0) is 13.7. The van der Waals surface area contributed by atoms with Gasteiger partial charge in [0.2, 0.25) is 0 Å². The van der Waals surface area contributed by atoms with Crippen molar-refractivity contribution in [2.24, 2.45) is 5.92 Å². The number of hydrogen-bond donors (Lipinski definition) is 1. The summed E-state index contributed by atoms with van der Waals surface area (Å²) in [4.78, 5) is 0. The van der Waals surface area contributed by atoms with Crippen LogP contribution in [0.4, 0.5) is 0 Å². The minimum atomic E-state index is 0.471. The van der Waals surface area contributed by atoms with E-state index >= 15 is 0 Å². The highest BCUT2D eigenvalue weighted by Gasteiger charge is 2.25. The largest absolute Gasteiger partial charge is 0.492 e. The molecule has 1 saturated carbocycles. The van der Waals surface area contributed by atoms with E-state index in [1.807, 2.05) is 0 Å². The molecule has 1 N–H and O–H groups in total. The second kappa shape index (κ2) is 7.30. The van der Waals surface area contributed by atoms with Crippen molar-refractivity contribution in [2.45, 2.75) is 45.1 Å². The number of halogens is 1. The Bertz CT molecular complexity index is 402. The van der Waals surface area contributed by atoms with Crippen molar-refractivity contribution in [3.05, 3.63) is 28.2 Å². The van der Waals surface area contributed by atoms with Crippen LogP contribution in [0.25, 0.3) is 0 Å². The highest BCUT2D eigenvalue weighted by molar-refractivity contribution is 9.10. The molecule has 1 aliphatic carbocycles. The molecule has 0 aliphatic heterocycles. The van der Waals surface area contributed by atoms with Gasteiger partial charge in [0.05, 0.1) is 11.1 Å². The molecule has 0 bridgehead atoms. The molecule has 0 heterocycles. The van der Waals surface area contributed by atoms with Crippen molar-refractivity contribution in [2.75, 3.05) is 13.7 Å². The van der Waals surface area contributed by atoms with Crippen molar-refractivity contribution < 1.29 is 4.74 Å². The van der Waals surface area contributed by atoms with Gasteiger partial charge in [-0.1, -0.05) is 25.8 Å². The first kappa shape index (κ1) is 14.9. The number of nitrogens with one attached hydrogen (secondary N) is 1. The SMILES string of the molecule is CCCOc1ccc(C(NC)C2CCCC2)cc1Br. The lowest BCUT2D eigenvalue weighted by molar-refractivity contribution is 0.315. The standard InChI is InChI=1S/C16H24BrNO/c1-3-10-19-15-9-8-13(11-14(15)17)16(18-2)12-6-4-5-7-12/h8-9,11-12,16,18H,3-7,10H2,1-2H3. The average molecular weight is 326 g/mol. The quantitative estimate of drug-likeness (QED) is 0.819. The van der Waals surface area contributed by atoms with Crippen molar-refractivity contribution in [1.29, 1.82) is 0 Å². The van der Waals surface area contributed by atoms with Gasteiger partial charge in [-0.15, -0.1) is 0 Å². The lowest BCUT2D eigenvalue weighted by Gasteiger charge is -2.24. The van der Waals surface area contributed by atoms with E-state index in [0.717, 1.165) is 29.2 Å². The molecule has 0 saturated heterocycles. The van der Waals surface area contributed by atoms with E-state index in [0.29, 0.717) is 6.04 Å². The Morgan fingerprint density at radius 1 is 1.37 bits per heavy atom. The lowest BCUT2D eigenvalue weighted by Crippen LogP contribution is -2.23. The first-order chi connectivity index (χ1) is 9.26. The average Bonchev–Trinajstić information content (AvgIpc) is 2.92. The maximum absolute atomic E-state index is 5.71. The predicted molar refractivity (Wildman–Crippen MR) is 83.7 cm³/mol. The number of rotatable bonds is 6. The summed E-state index contributed by atoms with van der Waals surface area (Å²) in [7, 11) is 2.07. The summed E-state index contributed by atoms with van der Waals surface area (Å²) in [6.07, 6.45) is 6.48. The Hall–Kier alpha value is -0.540. The van der Waals surface area contributed by atoms with Gasteiger partial charge >= 0.3 is 0 Å². The van der Waals surface area contributed by atoms with Crippen molar-refractivity contribution in [3.63, 3.8) is 0 Å². The number of hydrogen-bond acceptors (Lipinski definition) is 2. The molecule has 3 heteroatoms. The first-order valence-electron chi connectivity index (χ1n) is 7.35. The van der Waals surface area contributed by atoms with E-state index < -0.39 is 0 Å². The first-order valence-corrected chi connectivity index (χ1v) is 8.15. The van der Waals surface area contributed by atoms with Crippen LogP contribution in [0.15, 0.2) is 22.7 Å². The van der Waals surface area contributed by atoms with Crippen molar-refractivity contribution in [3.8, 4) is 5.75 Å². The van der Waals surface area contributed by atoms with Crippen LogP contribution in [0.3, 0.4) is 0 Å². The highest BCUT2D eigenvalue weighted by atomic mass is 79.9. The smallest absolute Gasteiger partial charge is 0.133 e. The monoisotopic (exact) mass is 325 g/mol. The number of benzene rings is 1. The van der Waals surface area contributed by atoms with Crippen LogP contribution >= 0.6 is 15.9 Å². The van der Waals surface area contributed by atoms with Crippen LogP contribution in [-0.2, 0) is 0 Å². The zero-order valence-corrected chi connectivity index (χ0v) is 13.5. The summed E-state index contributed by atoms with van der Waals surface area (Å²) in [5.41, 5.74) is 1.37. The normalized spacial score (nSPS) is 17.6. The molecule has 1 fully saturated rings. The third kappa shape index (κ3) is 3.73. The van der Waals surface area contributed by atoms with Crippen LogP contribution in [0, 0.1) is 5.92 Å². The van der Waals surface area contributed by atoms with Gasteiger partial charge in [0, 0.05) is 6.04 Å². The summed E-state index contributed by atoms with van der Waals surface area (Å²) in [5, 5.41) is 3.49. The van der Waals surface area contributed by atoms with E-state index in [1.54, 1.807) is 0 Å². The lowest BCUT2D eigenvalue weighted by atomic mass is 9.92. The van der Waals surface area contributed by atoms with Crippen LogP contribution in [0.5, 0.6) is 5.75 Å². The van der Waals surface area contributed by atoms with Crippen LogP contribution in [0.2, 0.25) is 0 Å². The maximum Gasteiger partial charge on any atom is 0.133 e. The second-order valence-corrected chi connectivity index (χ2v) is 6.20. The fraction of sp³-hybridized carbons (Fsp3) is 0.625. The Balaban J connectivity index is 2.12. The molecule has 1 aliphatic rings. The molecule has 1 aromatic carbocycles. The minimum Gasteiger partial charge on any atom is -0.492 e. The van der Waals surface area contributed by atoms with Gasteiger partial charge in [-0.2, -0.15) is 0 Å². The van der Waals surface area contributed by atoms with Crippen molar-refractivity contribution in [1.82, 2.24) is 5.32 Å². The Labute approximate surface area is 125 Å². The van der Waals surface area contributed by atoms with Gasteiger partial charge in [0.25, 0.3) is 0 Å². The molecule has 19 heavy (non-hydrogen) atoms. The van der Waals surface area contributed by atoms with Gasteiger partial charge in [-0.05, 0) is 65.9 Å². The molecule has 1 aromatic rings. The van der Waals surface area contributed by atoms with Gasteiger partial charge < -0.3 is 10.1 Å². The molecule has 0 radical (unpaired) electrons. The van der Waals surface area contributed by atoms with E-state index in [-0.39, 0.29) is 0 Å². The molecular formula is C16H24BrNO. The summed E-state index contributed by atoms with van der Waals surface area (Å²) in [6.45, 7) is 2.90. The van der Waals surface area contributed by atoms with E-state index in [9.17, 15) is 0 Å².